The topological polar surface area (TPSA) is 47.3 Å². The number of methoxy groups -OCH3 is 1. The predicted octanol–water partition coefficient (Wildman–Crippen LogP) is 3.67. The largest absolute Gasteiger partial charge is 0.492 e. The first-order valence-corrected chi connectivity index (χ1v) is 7.95. The van der Waals surface area contributed by atoms with Gasteiger partial charge in [0.2, 0.25) is 0 Å². The SMILES string of the molecule is COc1c(Br)cc2cn(C3CCC(CO)CC3)nc2c1F. The highest BCUT2D eigenvalue weighted by atomic mass is 79.9. The lowest BCUT2D eigenvalue weighted by molar-refractivity contribution is 0.165. The molecular weight excluding hydrogens is 339 g/mol. The Hall–Kier alpha value is -1.14. The Morgan fingerprint density at radius 3 is 2.76 bits per heavy atom. The lowest BCUT2D eigenvalue weighted by Crippen LogP contribution is -2.20. The summed E-state index contributed by atoms with van der Waals surface area (Å²) in [6.07, 6.45) is 5.82. The first kappa shape index (κ1) is 14.8. The van der Waals surface area contributed by atoms with Gasteiger partial charge in [-0.15, -0.1) is 0 Å². The molecule has 0 saturated heterocycles. The van der Waals surface area contributed by atoms with Crippen molar-refractivity contribution in [1.29, 1.82) is 0 Å². The molecule has 0 aliphatic heterocycles. The molecule has 0 bridgehead atoms. The van der Waals surface area contributed by atoms with Crippen LogP contribution in [0.15, 0.2) is 16.7 Å². The van der Waals surface area contributed by atoms with Gasteiger partial charge in [-0.2, -0.15) is 5.10 Å². The third kappa shape index (κ3) is 2.66. The number of benzene rings is 1. The van der Waals surface area contributed by atoms with Crippen LogP contribution in [0.3, 0.4) is 0 Å². The van der Waals surface area contributed by atoms with Gasteiger partial charge in [0.15, 0.2) is 11.6 Å². The summed E-state index contributed by atoms with van der Waals surface area (Å²) < 4.78 is 21.9. The summed E-state index contributed by atoms with van der Waals surface area (Å²) in [4.78, 5) is 0. The molecule has 6 heteroatoms. The van der Waals surface area contributed by atoms with E-state index in [4.69, 9.17) is 4.74 Å². The van der Waals surface area contributed by atoms with E-state index < -0.39 is 5.82 Å². The molecular formula is C15H18BrFN2O2. The van der Waals surface area contributed by atoms with E-state index in [0.717, 1.165) is 31.1 Å². The van der Waals surface area contributed by atoms with Crippen LogP contribution in [0.1, 0.15) is 31.7 Å². The molecule has 21 heavy (non-hydrogen) atoms. The Morgan fingerprint density at radius 2 is 2.14 bits per heavy atom. The van der Waals surface area contributed by atoms with Gasteiger partial charge in [0.25, 0.3) is 0 Å². The van der Waals surface area contributed by atoms with Gasteiger partial charge in [-0.3, -0.25) is 4.68 Å². The molecule has 3 rings (SSSR count). The highest BCUT2D eigenvalue weighted by molar-refractivity contribution is 9.10. The number of aliphatic hydroxyl groups excluding tert-OH is 1. The van der Waals surface area contributed by atoms with Crippen molar-refractivity contribution in [3.63, 3.8) is 0 Å². The zero-order valence-electron chi connectivity index (χ0n) is 11.9. The average Bonchev–Trinajstić information content (AvgIpc) is 2.92. The zero-order valence-corrected chi connectivity index (χ0v) is 13.4. The molecule has 1 aliphatic rings. The van der Waals surface area contributed by atoms with Crippen LogP contribution in [0, 0.1) is 11.7 Å². The lowest BCUT2D eigenvalue weighted by atomic mass is 9.87. The smallest absolute Gasteiger partial charge is 0.194 e. The number of rotatable bonds is 3. The van der Waals surface area contributed by atoms with Crippen molar-refractivity contribution in [3.05, 3.63) is 22.6 Å². The van der Waals surface area contributed by atoms with Crippen molar-refractivity contribution in [1.82, 2.24) is 9.78 Å². The van der Waals surface area contributed by atoms with E-state index in [9.17, 15) is 9.50 Å². The molecule has 1 N–H and O–H groups in total. The number of aliphatic hydroxyl groups is 1. The molecule has 0 spiro atoms. The summed E-state index contributed by atoms with van der Waals surface area (Å²) in [6.45, 7) is 0.257. The Kier molecular flexibility index (Phi) is 4.17. The third-order valence-electron chi connectivity index (χ3n) is 4.32. The van der Waals surface area contributed by atoms with Gasteiger partial charge in [0.1, 0.15) is 5.52 Å². The summed E-state index contributed by atoms with van der Waals surface area (Å²) in [7, 11) is 1.45. The Morgan fingerprint density at radius 1 is 1.43 bits per heavy atom. The number of halogens is 2. The van der Waals surface area contributed by atoms with E-state index in [1.54, 1.807) is 0 Å². The first-order chi connectivity index (χ1) is 10.1. The van der Waals surface area contributed by atoms with Crippen LogP contribution >= 0.6 is 15.9 Å². The minimum Gasteiger partial charge on any atom is -0.492 e. The molecule has 0 amide bonds. The van der Waals surface area contributed by atoms with Crippen LogP contribution in [-0.4, -0.2) is 28.6 Å². The second-order valence-corrected chi connectivity index (χ2v) is 6.46. The highest BCUT2D eigenvalue weighted by Crippen LogP contribution is 2.36. The van der Waals surface area contributed by atoms with Gasteiger partial charge in [0.05, 0.1) is 17.6 Å². The van der Waals surface area contributed by atoms with E-state index in [2.05, 4.69) is 21.0 Å². The second kappa shape index (κ2) is 5.93. The first-order valence-electron chi connectivity index (χ1n) is 7.15. The fourth-order valence-electron chi connectivity index (χ4n) is 3.06. The van der Waals surface area contributed by atoms with Crippen molar-refractivity contribution >= 4 is 26.8 Å². The lowest BCUT2D eigenvalue weighted by Gasteiger charge is -2.27. The van der Waals surface area contributed by atoms with Crippen molar-refractivity contribution in [2.24, 2.45) is 5.92 Å². The van der Waals surface area contributed by atoms with Crippen molar-refractivity contribution in [2.45, 2.75) is 31.7 Å². The average molecular weight is 357 g/mol. The van der Waals surface area contributed by atoms with Crippen LogP contribution in [0.2, 0.25) is 0 Å². The van der Waals surface area contributed by atoms with E-state index >= 15 is 0 Å². The molecule has 4 nitrogen and oxygen atoms in total. The van der Waals surface area contributed by atoms with Crippen LogP contribution < -0.4 is 4.74 Å². The van der Waals surface area contributed by atoms with Crippen LogP contribution in [0.4, 0.5) is 4.39 Å². The summed E-state index contributed by atoms with van der Waals surface area (Å²) in [5.74, 6) is 0.165. The van der Waals surface area contributed by atoms with Crippen LogP contribution in [0.5, 0.6) is 5.75 Å². The molecule has 1 aromatic carbocycles. The van der Waals surface area contributed by atoms with E-state index in [1.807, 2.05) is 16.9 Å². The minimum absolute atomic E-state index is 0.191. The standard InChI is InChI=1S/C15H18BrFN2O2/c1-21-15-12(16)6-10-7-19(18-14(10)13(15)17)11-4-2-9(8-20)3-5-11/h6-7,9,11,20H,2-5,8H2,1H3. The molecule has 0 unspecified atom stereocenters. The molecule has 114 valence electrons. The Labute approximate surface area is 131 Å². The van der Waals surface area contributed by atoms with E-state index in [1.165, 1.54) is 7.11 Å². The normalized spacial score (nSPS) is 22.7. The number of fused-ring (bicyclic) bond motifs is 1. The molecule has 1 fully saturated rings. The maximum absolute atomic E-state index is 14.4. The maximum Gasteiger partial charge on any atom is 0.194 e. The second-order valence-electron chi connectivity index (χ2n) is 5.61. The van der Waals surface area contributed by atoms with Gasteiger partial charge >= 0.3 is 0 Å². The molecule has 1 aliphatic carbocycles. The highest BCUT2D eigenvalue weighted by Gasteiger charge is 2.24. The molecule has 0 atom stereocenters. The summed E-state index contributed by atoms with van der Waals surface area (Å²) in [6, 6.07) is 2.12. The fraction of sp³-hybridized carbons (Fsp3) is 0.533. The van der Waals surface area contributed by atoms with Crippen molar-refractivity contribution in [3.8, 4) is 5.75 Å². The van der Waals surface area contributed by atoms with Crippen LogP contribution in [-0.2, 0) is 0 Å². The summed E-state index contributed by atoms with van der Waals surface area (Å²) >= 11 is 3.32. The van der Waals surface area contributed by atoms with Crippen LogP contribution in [0.25, 0.3) is 10.9 Å². The van der Waals surface area contributed by atoms with Gasteiger partial charge in [0, 0.05) is 18.2 Å². The van der Waals surface area contributed by atoms with E-state index in [0.29, 0.717) is 15.9 Å². The number of hydrogen-bond acceptors (Lipinski definition) is 3. The Bertz CT molecular complexity index is 651. The number of hydrogen-bond donors (Lipinski definition) is 1. The molecule has 1 aromatic heterocycles. The Balaban J connectivity index is 1.93. The van der Waals surface area contributed by atoms with Gasteiger partial charge in [-0.1, -0.05) is 0 Å². The number of nitrogens with zero attached hydrogens (tertiary/aromatic N) is 2. The molecule has 1 heterocycles. The minimum atomic E-state index is -0.426. The third-order valence-corrected chi connectivity index (χ3v) is 4.91. The van der Waals surface area contributed by atoms with Crippen molar-refractivity contribution in [2.75, 3.05) is 13.7 Å². The summed E-state index contributed by atoms with van der Waals surface area (Å²) in [5.41, 5.74) is 0.347. The van der Waals surface area contributed by atoms with E-state index in [-0.39, 0.29) is 18.4 Å². The monoisotopic (exact) mass is 356 g/mol. The van der Waals surface area contributed by atoms with Gasteiger partial charge in [-0.05, 0) is 53.6 Å². The molecule has 0 radical (unpaired) electrons. The fourth-order valence-corrected chi connectivity index (χ4v) is 3.65. The zero-order chi connectivity index (χ0) is 15.0. The molecule has 1 saturated carbocycles. The number of ether oxygens (including phenoxy) is 1. The molecule has 2 aromatic rings. The predicted molar refractivity (Wildman–Crippen MR) is 82.0 cm³/mol. The quantitative estimate of drug-likeness (QED) is 0.912. The maximum atomic E-state index is 14.4. The van der Waals surface area contributed by atoms with Gasteiger partial charge < -0.3 is 9.84 Å². The number of aromatic nitrogens is 2. The summed E-state index contributed by atoms with van der Waals surface area (Å²) in [5, 5.41) is 14.4. The van der Waals surface area contributed by atoms with Gasteiger partial charge in [-0.25, -0.2) is 4.39 Å². The van der Waals surface area contributed by atoms with Crippen molar-refractivity contribution < 1.29 is 14.2 Å².